The summed E-state index contributed by atoms with van der Waals surface area (Å²) in [7, 11) is 0. The van der Waals surface area contributed by atoms with E-state index in [9.17, 15) is 4.39 Å². The molecule has 0 amide bonds. The molecule has 0 saturated heterocycles. The number of aliphatic hydroxyl groups excluding tert-OH is 1. The van der Waals surface area contributed by atoms with Crippen molar-refractivity contribution in [1.29, 1.82) is 5.26 Å². The van der Waals surface area contributed by atoms with E-state index < -0.39 is 0 Å². The standard InChI is InChI=1S/C12H15FN2O/c1-2-11(8-16)15-7-10-5-9(6-14)3-4-12(10)13/h3-5,11,15-16H,2,7-8H2,1H3. The first kappa shape index (κ1) is 12.6. The van der Waals surface area contributed by atoms with Crippen LogP contribution >= 0.6 is 0 Å². The highest BCUT2D eigenvalue weighted by atomic mass is 19.1. The van der Waals surface area contributed by atoms with Crippen LogP contribution in [0.2, 0.25) is 0 Å². The predicted molar refractivity (Wildman–Crippen MR) is 59.1 cm³/mol. The Morgan fingerprint density at radius 3 is 2.88 bits per heavy atom. The molecule has 0 bridgehead atoms. The minimum atomic E-state index is -0.334. The SMILES string of the molecule is CCC(CO)NCc1cc(C#N)ccc1F. The minimum Gasteiger partial charge on any atom is -0.395 e. The molecule has 0 spiro atoms. The third kappa shape index (κ3) is 3.30. The Labute approximate surface area is 94.5 Å². The van der Waals surface area contributed by atoms with Crippen molar-refractivity contribution >= 4 is 0 Å². The molecule has 1 rings (SSSR count). The van der Waals surface area contributed by atoms with Crippen molar-refractivity contribution in [2.45, 2.75) is 25.9 Å². The molecule has 3 nitrogen and oxygen atoms in total. The Hall–Kier alpha value is -1.44. The number of nitriles is 1. The van der Waals surface area contributed by atoms with Gasteiger partial charge in [0.25, 0.3) is 0 Å². The van der Waals surface area contributed by atoms with Gasteiger partial charge in [0, 0.05) is 18.2 Å². The van der Waals surface area contributed by atoms with Crippen molar-refractivity contribution in [3.63, 3.8) is 0 Å². The van der Waals surface area contributed by atoms with Crippen LogP contribution in [0.15, 0.2) is 18.2 Å². The number of hydrogen-bond donors (Lipinski definition) is 2. The van der Waals surface area contributed by atoms with E-state index in [1.54, 1.807) is 0 Å². The molecule has 4 heteroatoms. The summed E-state index contributed by atoms with van der Waals surface area (Å²) < 4.78 is 13.4. The van der Waals surface area contributed by atoms with E-state index in [4.69, 9.17) is 10.4 Å². The van der Waals surface area contributed by atoms with Gasteiger partial charge in [-0.3, -0.25) is 0 Å². The zero-order valence-corrected chi connectivity index (χ0v) is 9.20. The van der Waals surface area contributed by atoms with Gasteiger partial charge in [0.1, 0.15) is 5.82 Å². The molecular formula is C12H15FN2O. The molecule has 0 fully saturated rings. The van der Waals surface area contributed by atoms with Gasteiger partial charge in [-0.05, 0) is 24.6 Å². The van der Waals surface area contributed by atoms with Crippen LogP contribution in [0.1, 0.15) is 24.5 Å². The number of nitrogens with zero attached hydrogens (tertiary/aromatic N) is 1. The Morgan fingerprint density at radius 1 is 1.56 bits per heavy atom. The van der Waals surface area contributed by atoms with E-state index in [0.717, 1.165) is 6.42 Å². The molecule has 0 aliphatic rings. The van der Waals surface area contributed by atoms with E-state index in [0.29, 0.717) is 17.7 Å². The highest BCUT2D eigenvalue weighted by Gasteiger charge is 2.07. The predicted octanol–water partition coefficient (Wildman–Crippen LogP) is 1.56. The van der Waals surface area contributed by atoms with Crippen LogP contribution < -0.4 is 5.32 Å². The van der Waals surface area contributed by atoms with E-state index in [2.05, 4.69) is 5.32 Å². The van der Waals surface area contributed by atoms with Crippen LogP contribution in [-0.4, -0.2) is 17.8 Å². The minimum absolute atomic E-state index is 0.0239. The monoisotopic (exact) mass is 222 g/mol. The fourth-order valence-corrected chi connectivity index (χ4v) is 1.37. The molecule has 0 heterocycles. The van der Waals surface area contributed by atoms with Crippen LogP contribution in [0.4, 0.5) is 4.39 Å². The molecule has 16 heavy (non-hydrogen) atoms. The first-order valence-corrected chi connectivity index (χ1v) is 5.24. The lowest BCUT2D eigenvalue weighted by Crippen LogP contribution is -2.31. The Morgan fingerprint density at radius 2 is 2.31 bits per heavy atom. The second-order valence-corrected chi connectivity index (χ2v) is 3.59. The molecule has 0 saturated carbocycles. The number of nitrogens with one attached hydrogen (secondary N) is 1. The van der Waals surface area contributed by atoms with Crippen molar-refractivity contribution in [2.75, 3.05) is 6.61 Å². The van der Waals surface area contributed by atoms with Crippen molar-refractivity contribution in [1.82, 2.24) is 5.32 Å². The normalized spacial score (nSPS) is 12.1. The average molecular weight is 222 g/mol. The highest BCUT2D eigenvalue weighted by Crippen LogP contribution is 2.10. The van der Waals surface area contributed by atoms with E-state index in [1.165, 1.54) is 18.2 Å². The van der Waals surface area contributed by atoms with Gasteiger partial charge in [0.2, 0.25) is 0 Å². The summed E-state index contributed by atoms with van der Waals surface area (Å²) in [4.78, 5) is 0. The first-order chi connectivity index (χ1) is 7.71. The molecule has 1 aromatic rings. The Balaban J connectivity index is 2.69. The molecule has 1 aromatic carbocycles. The van der Waals surface area contributed by atoms with Crippen molar-refractivity contribution in [3.8, 4) is 6.07 Å². The zero-order chi connectivity index (χ0) is 12.0. The quantitative estimate of drug-likeness (QED) is 0.794. The van der Waals surface area contributed by atoms with Gasteiger partial charge in [-0.2, -0.15) is 5.26 Å². The smallest absolute Gasteiger partial charge is 0.127 e. The zero-order valence-electron chi connectivity index (χ0n) is 9.20. The number of rotatable bonds is 5. The largest absolute Gasteiger partial charge is 0.395 e. The number of hydrogen-bond acceptors (Lipinski definition) is 3. The van der Waals surface area contributed by atoms with Crippen molar-refractivity contribution in [3.05, 3.63) is 35.1 Å². The summed E-state index contributed by atoms with van der Waals surface area (Å²) in [6.45, 7) is 2.28. The van der Waals surface area contributed by atoms with Gasteiger partial charge in [0.15, 0.2) is 0 Å². The molecule has 0 radical (unpaired) electrons. The summed E-state index contributed by atoms with van der Waals surface area (Å²) in [6, 6.07) is 6.18. The topological polar surface area (TPSA) is 56.0 Å². The number of benzene rings is 1. The molecule has 86 valence electrons. The summed E-state index contributed by atoms with van der Waals surface area (Å²) in [6.07, 6.45) is 0.774. The maximum atomic E-state index is 13.4. The van der Waals surface area contributed by atoms with E-state index in [1.807, 2.05) is 13.0 Å². The third-order valence-electron chi connectivity index (χ3n) is 2.47. The lowest BCUT2D eigenvalue weighted by Gasteiger charge is -2.14. The molecule has 2 N–H and O–H groups in total. The number of aliphatic hydroxyl groups is 1. The van der Waals surface area contributed by atoms with Crippen LogP contribution in [0.25, 0.3) is 0 Å². The van der Waals surface area contributed by atoms with Gasteiger partial charge in [-0.1, -0.05) is 6.92 Å². The van der Waals surface area contributed by atoms with Gasteiger partial charge in [0.05, 0.1) is 18.2 Å². The van der Waals surface area contributed by atoms with Crippen LogP contribution in [0.5, 0.6) is 0 Å². The summed E-state index contributed by atoms with van der Waals surface area (Å²) in [5.41, 5.74) is 0.890. The Kier molecular flexibility index (Phi) is 4.90. The highest BCUT2D eigenvalue weighted by molar-refractivity contribution is 5.33. The second kappa shape index (κ2) is 6.21. The second-order valence-electron chi connectivity index (χ2n) is 3.59. The van der Waals surface area contributed by atoms with Crippen LogP contribution in [0.3, 0.4) is 0 Å². The molecule has 1 unspecified atom stereocenters. The summed E-state index contributed by atoms with van der Waals surface area (Å²) in [5, 5.41) is 20.7. The van der Waals surface area contributed by atoms with Crippen molar-refractivity contribution < 1.29 is 9.50 Å². The van der Waals surface area contributed by atoms with E-state index >= 15 is 0 Å². The molecule has 1 atom stereocenters. The fraction of sp³-hybridized carbons (Fsp3) is 0.417. The number of halogens is 1. The van der Waals surface area contributed by atoms with E-state index in [-0.39, 0.29) is 18.5 Å². The van der Waals surface area contributed by atoms with Gasteiger partial charge < -0.3 is 10.4 Å². The summed E-state index contributed by atoms with van der Waals surface area (Å²) in [5.74, 6) is -0.334. The lowest BCUT2D eigenvalue weighted by atomic mass is 10.1. The molecule has 0 aliphatic heterocycles. The first-order valence-electron chi connectivity index (χ1n) is 5.24. The van der Waals surface area contributed by atoms with Gasteiger partial charge in [-0.15, -0.1) is 0 Å². The summed E-state index contributed by atoms with van der Waals surface area (Å²) >= 11 is 0. The van der Waals surface area contributed by atoms with Gasteiger partial charge in [-0.25, -0.2) is 4.39 Å². The molecular weight excluding hydrogens is 207 g/mol. The lowest BCUT2D eigenvalue weighted by molar-refractivity contribution is 0.238. The maximum absolute atomic E-state index is 13.4. The fourth-order valence-electron chi connectivity index (χ4n) is 1.37. The maximum Gasteiger partial charge on any atom is 0.127 e. The van der Waals surface area contributed by atoms with Crippen LogP contribution in [0, 0.1) is 17.1 Å². The van der Waals surface area contributed by atoms with Gasteiger partial charge >= 0.3 is 0 Å². The molecule has 0 aliphatic carbocycles. The average Bonchev–Trinajstić information content (AvgIpc) is 2.32. The Bertz CT molecular complexity index is 383. The molecule has 0 aromatic heterocycles. The van der Waals surface area contributed by atoms with Crippen molar-refractivity contribution in [2.24, 2.45) is 0 Å². The van der Waals surface area contributed by atoms with Crippen LogP contribution in [-0.2, 0) is 6.54 Å². The third-order valence-corrected chi connectivity index (χ3v) is 2.47.